The van der Waals surface area contributed by atoms with Gasteiger partial charge in [-0.2, -0.15) is 0 Å². The van der Waals surface area contributed by atoms with Crippen LogP contribution in [0.1, 0.15) is 32.1 Å². The number of piperazine rings is 1. The summed E-state index contributed by atoms with van der Waals surface area (Å²) >= 11 is 0. The predicted molar refractivity (Wildman–Crippen MR) is 62.1 cm³/mol. The Labute approximate surface area is 97.2 Å². The molecule has 0 spiro atoms. The Bertz CT molecular complexity index is 251. The highest BCUT2D eigenvalue weighted by molar-refractivity contribution is 5.83. The zero-order chi connectivity index (χ0) is 11.5. The fourth-order valence-corrected chi connectivity index (χ4v) is 2.88. The van der Waals surface area contributed by atoms with E-state index in [4.69, 9.17) is 0 Å². The molecule has 1 unspecified atom stereocenters. The summed E-state index contributed by atoms with van der Waals surface area (Å²) < 4.78 is 0. The van der Waals surface area contributed by atoms with Gasteiger partial charge >= 0.3 is 0 Å². The first-order chi connectivity index (χ1) is 7.74. The lowest BCUT2D eigenvalue weighted by molar-refractivity contribution is -0.146. The quantitative estimate of drug-likeness (QED) is 0.743. The molecule has 16 heavy (non-hydrogen) atoms. The molecule has 1 aliphatic carbocycles. The van der Waals surface area contributed by atoms with Gasteiger partial charge in [0.05, 0.1) is 6.61 Å². The lowest BCUT2D eigenvalue weighted by Gasteiger charge is -2.43. The number of carbonyl (C=O) groups excluding carboxylic acids is 1. The Morgan fingerprint density at radius 1 is 1.25 bits per heavy atom. The molecule has 2 rings (SSSR count). The molecule has 0 aromatic carbocycles. The summed E-state index contributed by atoms with van der Waals surface area (Å²) in [6.07, 6.45) is 6.09. The minimum Gasteiger partial charge on any atom is -0.394 e. The Kier molecular flexibility index (Phi) is 3.82. The Hall–Kier alpha value is -0.610. The minimum absolute atomic E-state index is 0.0570. The minimum atomic E-state index is -0.310. The summed E-state index contributed by atoms with van der Waals surface area (Å²) in [6, 6.07) is 0.125. The van der Waals surface area contributed by atoms with Crippen molar-refractivity contribution in [2.75, 3.05) is 26.7 Å². The topological polar surface area (TPSA) is 43.8 Å². The molecule has 0 radical (unpaired) electrons. The van der Waals surface area contributed by atoms with Crippen molar-refractivity contribution in [1.82, 2.24) is 9.80 Å². The maximum atomic E-state index is 12.2. The first kappa shape index (κ1) is 11.9. The van der Waals surface area contributed by atoms with E-state index < -0.39 is 0 Å². The van der Waals surface area contributed by atoms with Gasteiger partial charge in [0.15, 0.2) is 0 Å². The van der Waals surface area contributed by atoms with Crippen LogP contribution in [0.5, 0.6) is 0 Å². The molecule has 0 aromatic rings. The Balaban J connectivity index is 2.01. The van der Waals surface area contributed by atoms with E-state index in [-0.39, 0.29) is 18.6 Å². The number of amides is 1. The van der Waals surface area contributed by atoms with Crippen molar-refractivity contribution >= 4 is 5.91 Å². The standard InChI is InChI=1S/C12H22N2O2/c1-13-7-8-14(12(16)11(13)9-15)10-5-3-2-4-6-10/h10-11,15H,2-9H2,1H3. The Morgan fingerprint density at radius 2 is 1.94 bits per heavy atom. The average molecular weight is 226 g/mol. The number of hydrogen-bond acceptors (Lipinski definition) is 3. The number of aliphatic hydroxyl groups is 1. The van der Waals surface area contributed by atoms with E-state index in [1.165, 1.54) is 19.3 Å². The van der Waals surface area contributed by atoms with Crippen LogP contribution in [-0.4, -0.2) is 59.6 Å². The van der Waals surface area contributed by atoms with Gasteiger partial charge in [-0.15, -0.1) is 0 Å². The normalized spacial score (nSPS) is 29.8. The van der Waals surface area contributed by atoms with Crippen molar-refractivity contribution in [2.45, 2.75) is 44.2 Å². The molecule has 92 valence electrons. The van der Waals surface area contributed by atoms with E-state index in [1.54, 1.807) is 0 Å². The largest absolute Gasteiger partial charge is 0.394 e. The molecule has 1 aliphatic heterocycles. The van der Waals surface area contributed by atoms with E-state index >= 15 is 0 Å². The van der Waals surface area contributed by atoms with Crippen LogP contribution < -0.4 is 0 Å². The Morgan fingerprint density at radius 3 is 2.56 bits per heavy atom. The third-order valence-corrected chi connectivity index (χ3v) is 3.98. The van der Waals surface area contributed by atoms with Gasteiger partial charge in [0, 0.05) is 19.1 Å². The zero-order valence-corrected chi connectivity index (χ0v) is 10.1. The molecule has 1 saturated heterocycles. The summed E-state index contributed by atoms with van der Waals surface area (Å²) in [4.78, 5) is 16.2. The summed E-state index contributed by atoms with van der Waals surface area (Å²) in [5, 5.41) is 9.26. The van der Waals surface area contributed by atoms with Crippen molar-refractivity contribution in [3.63, 3.8) is 0 Å². The first-order valence-corrected chi connectivity index (χ1v) is 6.35. The maximum Gasteiger partial charge on any atom is 0.242 e. The van der Waals surface area contributed by atoms with Crippen LogP contribution in [-0.2, 0) is 4.79 Å². The monoisotopic (exact) mass is 226 g/mol. The van der Waals surface area contributed by atoms with Crippen molar-refractivity contribution < 1.29 is 9.90 Å². The third kappa shape index (κ3) is 2.23. The molecular weight excluding hydrogens is 204 g/mol. The molecule has 1 atom stereocenters. The van der Waals surface area contributed by atoms with Gasteiger partial charge in [0.1, 0.15) is 6.04 Å². The molecular formula is C12H22N2O2. The fourth-order valence-electron chi connectivity index (χ4n) is 2.88. The lowest BCUT2D eigenvalue weighted by Crippen LogP contribution is -2.59. The number of carbonyl (C=O) groups is 1. The van der Waals surface area contributed by atoms with Gasteiger partial charge in [0.25, 0.3) is 0 Å². The van der Waals surface area contributed by atoms with E-state index in [1.807, 2.05) is 16.8 Å². The second kappa shape index (κ2) is 5.15. The van der Waals surface area contributed by atoms with Crippen LogP contribution in [0.25, 0.3) is 0 Å². The van der Waals surface area contributed by atoms with Gasteiger partial charge in [0.2, 0.25) is 5.91 Å². The van der Waals surface area contributed by atoms with E-state index in [0.29, 0.717) is 6.04 Å². The third-order valence-electron chi connectivity index (χ3n) is 3.98. The number of likely N-dealkylation sites (N-methyl/N-ethyl adjacent to an activating group) is 1. The van der Waals surface area contributed by atoms with Gasteiger partial charge in [-0.25, -0.2) is 0 Å². The molecule has 0 aromatic heterocycles. The maximum absolute atomic E-state index is 12.2. The van der Waals surface area contributed by atoms with Crippen LogP contribution >= 0.6 is 0 Å². The molecule has 4 heteroatoms. The summed E-state index contributed by atoms with van der Waals surface area (Å²) in [5.74, 6) is 0.128. The molecule has 2 fully saturated rings. The molecule has 2 aliphatic rings. The fraction of sp³-hybridized carbons (Fsp3) is 0.917. The van der Waals surface area contributed by atoms with Gasteiger partial charge < -0.3 is 10.0 Å². The van der Waals surface area contributed by atoms with Crippen LogP contribution in [0.4, 0.5) is 0 Å². The van der Waals surface area contributed by atoms with Gasteiger partial charge in [-0.05, 0) is 19.9 Å². The number of aliphatic hydroxyl groups excluding tert-OH is 1. The van der Waals surface area contributed by atoms with Crippen molar-refractivity contribution in [3.8, 4) is 0 Å². The highest BCUT2D eigenvalue weighted by Crippen LogP contribution is 2.25. The number of hydrogen-bond donors (Lipinski definition) is 1. The predicted octanol–water partition coefficient (Wildman–Crippen LogP) is 0.454. The highest BCUT2D eigenvalue weighted by Gasteiger charge is 2.35. The van der Waals surface area contributed by atoms with E-state index in [0.717, 1.165) is 25.9 Å². The van der Waals surface area contributed by atoms with Crippen LogP contribution in [0.2, 0.25) is 0 Å². The molecule has 1 N–H and O–H groups in total. The highest BCUT2D eigenvalue weighted by atomic mass is 16.3. The number of nitrogens with zero attached hydrogens (tertiary/aromatic N) is 2. The van der Waals surface area contributed by atoms with Gasteiger partial charge in [-0.1, -0.05) is 19.3 Å². The van der Waals surface area contributed by atoms with Crippen molar-refractivity contribution in [1.29, 1.82) is 0 Å². The molecule has 4 nitrogen and oxygen atoms in total. The second-order valence-electron chi connectivity index (χ2n) is 5.00. The van der Waals surface area contributed by atoms with Gasteiger partial charge in [-0.3, -0.25) is 9.69 Å². The summed E-state index contributed by atoms with van der Waals surface area (Å²) in [6.45, 7) is 1.66. The molecule has 0 bridgehead atoms. The SMILES string of the molecule is CN1CCN(C2CCCCC2)C(=O)C1CO. The van der Waals surface area contributed by atoms with E-state index in [2.05, 4.69) is 0 Å². The zero-order valence-electron chi connectivity index (χ0n) is 10.1. The molecule has 1 saturated carbocycles. The smallest absolute Gasteiger partial charge is 0.242 e. The first-order valence-electron chi connectivity index (χ1n) is 6.35. The lowest BCUT2D eigenvalue weighted by atomic mass is 9.93. The van der Waals surface area contributed by atoms with E-state index in [9.17, 15) is 9.90 Å². The van der Waals surface area contributed by atoms with Crippen LogP contribution in [0.15, 0.2) is 0 Å². The summed E-state index contributed by atoms with van der Waals surface area (Å²) in [5.41, 5.74) is 0. The molecule has 1 heterocycles. The average Bonchev–Trinajstić information content (AvgIpc) is 2.31. The number of rotatable bonds is 2. The van der Waals surface area contributed by atoms with Crippen LogP contribution in [0.3, 0.4) is 0 Å². The summed E-state index contributed by atoms with van der Waals surface area (Å²) in [7, 11) is 1.91. The molecule has 1 amide bonds. The van der Waals surface area contributed by atoms with Crippen molar-refractivity contribution in [3.05, 3.63) is 0 Å². The second-order valence-corrected chi connectivity index (χ2v) is 5.00. The van der Waals surface area contributed by atoms with Crippen LogP contribution in [0, 0.1) is 0 Å². The van der Waals surface area contributed by atoms with Crippen molar-refractivity contribution in [2.24, 2.45) is 0 Å².